The average molecular weight is 431 g/mol. The standard InChI is InChI=1S/C21H19FN2O3S2/c22-16-8-6-15(7-9-16)11-18-20(27)24(21(28)29-18)12-19(26)23-17(13-25)10-14-4-2-1-3-5-14/h1-9,11,17,25H,10,12-13H2,(H,23,26)/t17-/m1/s1. The molecule has 1 atom stereocenters. The van der Waals surface area contributed by atoms with Gasteiger partial charge in [-0.15, -0.1) is 0 Å². The topological polar surface area (TPSA) is 69.6 Å². The Morgan fingerprint density at radius 2 is 1.90 bits per heavy atom. The Morgan fingerprint density at radius 1 is 1.21 bits per heavy atom. The van der Waals surface area contributed by atoms with Gasteiger partial charge in [0.15, 0.2) is 0 Å². The molecule has 2 aromatic carbocycles. The summed E-state index contributed by atoms with van der Waals surface area (Å²) in [7, 11) is 0. The van der Waals surface area contributed by atoms with E-state index < -0.39 is 11.9 Å². The van der Waals surface area contributed by atoms with Crippen LogP contribution in [0.5, 0.6) is 0 Å². The normalized spacial score (nSPS) is 16.3. The van der Waals surface area contributed by atoms with Gasteiger partial charge in [-0.3, -0.25) is 14.5 Å². The van der Waals surface area contributed by atoms with E-state index in [1.54, 1.807) is 18.2 Å². The van der Waals surface area contributed by atoms with Gasteiger partial charge in [0.05, 0.1) is 17.6 Å². The lowest BCUT2D eigenvalue weighted by molar-refractivity contribution is -0.129. The number of carbonyl (C=O) groups excluding carboxylic acids is 2. The third-order valence-corrected chi connectivity index (χ3v) is 5.63. The predicted molar refractivity (Wildman–Crippen MR) is 115 cm³/mol. The maximum atomic E-state index is 13.0. The van der Waals surface area contributed by atoms with Gasteiger partial charge in [-0.25, -0.2) is 4.39 Å². The number of rotatable bonds is 7. The van der Waals surface area contributed by atoms with Gasteiger partial charge in [0.25, 0.3) is 5.91 Å². The van der Waals surface area contributed by atoms with Crippen LogP contribution < -0.4 is 5.32 Å². The molecule has 0 spiro atoms. The summed E-state index contributed by atoms with van der Waals surface area (Å²) in [5.74, 6) is -1.14. The highest BCUT2D eigenvalue weighted by Crippen LogP contribution is 2.32. The molecule has 1 heterocycles. The summed E-state index contributed by atoms with van der Waals surface area (Å²) in [6.45, 7) is -0.444. The highest BCUT2D eigenvalue weighted by molar-refractivity contribution is 8.26. The van der Waals surface area contributed by atoms with Crippen LogP contribution in [-0.2, 0) is 16.0 Å². The van der Waals surface area contributed by atoms with Gasteiger partial charge in [-0.05, 0) is 35.8 Å². The second-order valence-corrected chi connectivity index (χ2v) is 8.13. The van der Waals surface area contributed by atoms with Crippen molar-refractivity contribution in [3.63, 3.8) is 0 Å². The van der Waals surface area contributed by atoms with E-state index in [-0.39, 0.29) is 29.2 Å². The largest absolute Gasteiger partial charge is 0.394 e. The van der Waals surface area contributed by atoms with Crippen molar-refractivity contribution >= 4 is 46.2 Å². The number of thioether (sulfide) groups is 1. The van der Waals surface area contributed by atoms with Crippen LogP contribution in [0.15, 0.2) is 59.5 Å². The first kappa shape index (κ1) is 21.2. The summed E-state index contributed by atoms with van der Waals surface area (Å²) in [5.41, 5.74) is 1.65. The van der Waals surface area contributed by atoms with Gasteiger partial charge in [0.1, 0.15) is 16.7 Å². The first-order chi connectivity index (χ1) is 14.0. The summed E-state index contributed by atoms with van der Waals surface area (Å²) in [6.07, 6.45) is 2.09. The summed E-state index contributed by atoms with van der Waals surface area (Å²) >= 11 is 6.33. The molecule has 2 aromatic rings. The number of aliphatic hydroxyl groups is 1. The van der Waals surface area contributed by atoms with E-state index in [0.717, 1.165) is 17.3 Å². The van der Waals surface area contributed by atoms with Gasteiger partial charge >= 0.3 is 0 Å². The molecule has 2 N–H and O–H groups in total. The van der Waals surface area contributed by atoms with Crippen molar-refractivity contribution in [1.82, 2.24) is 10.2 Å². The van der Waals surface area contributed by atoms with Gasteiger partial charge in [-0.2, -0.15) is 0 Å². The molecule has 0 aromatic heterocycles. The number of thiocarbonyl (C=S) groups is 1. The molecule has 2 amide bonds. The molecule has 0 unspecified atom stereocenters. The molecular weight excluding hydrogens is 411 g/mol. The number of hydrogen-bond acceptors (Lipinski definition) is 5. The first-order valence-corrected chi connectivity index (χ1v) is 10.1. The Hall–Kier alpha value is -2.55. The lowest BCUT2D eigenvalue weighted by atomic mass is 10.1. The Balaban J connectivity index is 1.61. The van der Waals surface area contributed by atoms with Crippen LogP contribution in [0.25, 0.3) is 6.08 Å². The van der Waals surface area contributed by atoms with Gasteiger partial charge in [0, 0.05) is 0 Å². The Bertz CT molecular complexity index is 933. The minimum atomic E-state index is -0.460. The lowest BCUT2D eigenvalue weighted by Gasteiger charge is -2.19. The second-order valence-electron chi connectivity index (χ2n) is 6.46. The minimum Gasteiger partial charge on any atom is -0.394 e. The number of carbonyl (C=O) groups is 2. The van der Waals surface area contributed by atoms with Crippen molar-refractivity contribution in [2.75, 3.05) is 13.2 Å². The molecule has 1 aliphatic rings. The van der Waals surface area contributed by atoms with Crippen LogP contribution in [0.3, 0.4) is 0 Å². The first-order valence-electron chi connectivity index (χ1n) is 8.91. The van der Waals surface area contributed by atoms with Crippen LogP contribution in [0.1, 0.15) is 11.1 Å². The summed E-state index contributed by atoms with van der Waals surface area (Å²) in [6, 6.07) is 14.8. The van der Waals surface area contributed by atoms with Crippen molar-refractivity contribution in [2.45, 2.75) is 12.5 Å². The number of amides is 2. The maximum absolute atomic E-state index is 13.0. The summed E-state index contributed by atoms with van der Waals surface area (Å²) in [4.78, 5) is 26.6. The Morgan fingerprint density at radius 3 is 2.55 bits per heavy atom. The number of nitrogens with one attached hydrogen (secondary N) is 1. The molecule has 0 saturated carbocycles. The molecule has 0 aliphatic carbocycles. The van der Waals surface area contributed by atoms with E-state index in [1.165, 1.54) is 17.0 Å². The molecule has 150 valence electrons. The lowest BCUT2D eigenvalue weighted by Crippen LogP contribution is -2.45. The molecule has 8 heteroatoms. The zero-order valence-electron chi connectivity index (χ0n) is 15.4. The molecule has 1 saturated heterocycles. The van der Waals surface area contributed by atoms with Crippen molar-refractivity contribution in [1.29, 1.82) is 0 Å². The maximum Gasteiger partial charge on any atom is 0.266 e. The highest BCUT2D eigenvalue weighted by atomic mass is 32.2. The SMILES string of the molecule is O=C(CN1C(=O)C(=Cc2ccc(F)cc2)SC1=S)N[C@@H](CO)Cc1ccccc1. The predicted octanol–water partition coefficient (Wildman–Crippen LogP) is 2.75. The van der Waals surface area contributed by atoms with E-state index in [9.17, 15) is 19.1 Å². The molecule has 0 bridgehead atoms. The smallest absolute Gasteiger partial charge is 0.266 e. The minimum absolute atomic E-state index is 0.219. The van der Waals surface area contributed by atoms with Gasteiger partial charge in [-0.1, -0.05) is 66.4 Å². The van der Waals surface area contributed by atoms with Crippen LogP contribution in [0.2, 0.25) is 0 Å². The molecular formula is C21H19FN2O3S2. The number of halogens is 1. The van der Waals surface area contributed by atoms with E-state index in [0.29, 0.717) is 16.9 Å². The fraction of sp³-hybridized carbons (Fsp3) is 0.190. The monoisotopic (exact) mass is 430 g/mol. The van der Waals surface area contributed by atoms with E-state index in [4.69, 9.17) is 12.2 Å². The fourth-order valence-corrected chi connectivity index (χ4v) is 4.08. The second kappa shape index (κ2) is 9.78. The Kier molecular flexibility index (Phi) is 7.13. The number of hydrogen-bond donors (Lipinski definition) is 2. The van der Waals surface area contributed by atoms with Crippen molar-refractivity contribution in [3.8, 4) is 0 Å². The van der Waals surface area contributed by atoms with Crippen LogP contribution in [0.4, 0.5) is 4.39 Å². The molecule has 5 nitrogen and oxygen atoms in total. The molecule has 1 aliphatic heterocycles. The molecule has 0 radical (unpaired) electrons. The third-order valence-electron chi connectivity index (χ3n) is 4.25. The van der Waals surface area contributed by atoms with Gasteiger partial charge < -0.3 is 10.4 Å². The number of aliphatic hydroxyl groups excluding tert-OH is 1. The molecule has 29 heavy (non-hydrogen) atoms. The molecule has 1 fully saturated rings. The zero-order chi connectivity index (χ0) is 20.8. The van der Waals surface area contributed by atoms with E-state index >= 15 is 0 Å². The van der Waals surface area contributed by atoms with Crippen molar-refractivity contribution < 1.29 is 19.1 Å². The van der Waals surface area contributed by atoms with Crippen molar-refractivity contribution in [3.05, 3.63) is 76.4 Å². The average Bonchev–Trinajstić information content (AvgIpc) is 2.97. The summed E-state index contributed by atoms with van der Waals surface area (Å²) < 4.78 is 13.3. The quantitative estimate of drug-likeness (QED) is 0.522. The van der Waals surface area contributed by atoms with Crippen LogP contribution in [-0.4, -0.2) is 45.3 Å². The third kappa shape index (κ3) is 5.72. The summed E-state index contributed by atoms with van der Waals surface area (Å²) in [5, 5.41) is 12.3. The number of nitrogens with zero attached hydrogens (tertiary/aromatic N) is 1. The highest BCUT2D eigenvalue weighted by Gasteiger charge is 2.33. The van der Waals surface area contributed by atoms with Crippen molar-refractivity contribution in [2.24, 2.45) is 0 Å². The van der Waals surface area contributed by atoms with Gasteiger partial charge in [0.2, 0.25) is 5.91 Å². The zero-order valence-corrected chi connectivity index (χ0v) is 17.0. The fourth-order valence-electron chi connectivity index (χ4n) is 2.82. The van der Waals surface area contributed by atoms with E-state index in [1.807, 2.05) is 30.3 Å². The Labute approximate surface area is 177 Å². The number of benzene rings is 2. The molecule has 3 rings (SSSR count). The van der Waals surface area contributed by atoms with Crippen LogP contribution >= 0.6 is 24.0 Å². The van der Waals surface area contributed by atoms with Crippen LogP contribution in [0, 0.1) is 5.82 Å². The van der Waals surface area contributed by atoms with E-state index in [2.05, 4.69) is 5.32 Å².